The Morgan fingerprint density at radius 3 is 2.43 bits per heavy atom. The van der Waals surface area contributed by atoms with Crippen LogP contribution in [0.4, 0.5) is 0 Å². The van der Waals surface area contributed by atoms with Crippen molar-refractivity contribution in [1.82, 2.24) is 9.97 Å². The third kappa shape index (κ3) is 2.80. The van der Waals surface area contributed by atoms with Gasteiger partial charge in [-0.1, -0.05) is 11.6 Å². The van der Waals surface area contributed by atoms with E-state index in [1.165, 1.54) is 7.11 Å². The second-order valence-electron chi connectivity index (χ2n) is 4.71. The van der Waals surface area contributed by atoms with Gasteiger partial charge in [-0.15, -0.1) is 0 Å². The molecular weight excluding hydrogens is 296 g/mol. The third-order valence-corrected chi connectivity index (χ3v) is 3.47. The predicted molar refractivity (Wildman–Crippen MR) is 77.4 cm³/mol. The van der Waals surface area contributed by atoms with E-state index in [0.717, 1.165) is 0 Å². The molecule has 0 atom stereocenters. The fourth-order valence-electron chi connectivity index (χ4n) is 2.25. The number of carboxylic acid groups (broad SMARTS) is 1. The minimum atomic E-state index is -0.986. The zero-order valence-electron chi connectivity index (χ0n) is 11.8. The molecule has 0 unspecified atom stereocenters. The molecule has 112 valence electrons. The number of H-pyrrole nitrogens is 2. The smallest absolute Gasteiger partial charge is 0.309 e. The Kier molecular flexibility index (Phi) is 4.09. The van der Waals surface area contributed by atoms with E-state index in [1.54, 1.807) is 19.9 Å². The largest absolute Gasteiger partial charge is 0.494 e. The molecule has 2 aromatic heterocycles. The number of aryl methyl sites for hydroxylation is 1. The molecule has 0 aliphatic rings. The molecule has 2 aromatic rings. The minimum absolute atomic E-state index is 0.208. The van der Waals surface area contributed by atoms with Crippen LogP contribution < -0.4 is 4.74 Å². The summed E-state index contributed by atoms with van der Waals surface area (Å²) < 4.78 is 5.24. The fraction of sp³-hybridized carbons (Fsp3) is 0.286. The molecule has 0 saturated heterocycles. The van der Waals surface area contributed by atoms with Gasteiger partial charge in [0.15, 0.2) is 5.75 Å². The van der Waals surface area contributed by atoms with E-state index in [0.29, 0.717) is 33.4 Å². The summed E-state index contributed by atoms with van der Waals surface area (Å²) in [7, 11) is 1.44. The zero-order valence-corrected chi connectivity index (χ0v) is 12.6. The van der Waals surface area contributed by atoms with Crippen LogP contribution in [0.1, 0.15) is 33.0 Å². The summed E-state index contributed by atoms with van der Waals surface area (Å²) in [6.07, 6.45) is -0.208. The van der Waals surface area contributed by atoms with Gasteiger partial charge in [0.25, 0.3) is 0 Å². The van der Waals surface area contributed by atoms with Crippen LogP contribution in [0.15, 0.2) is 6.07 Å². The van der Waals surface area contributed by atoms with E-state index >= 15 is 0 Å². The molecule has 7 heteroatoms. The van der Waals surface area contributed by atoms with E-state index < -0.39 is 5.97 Å². The summed E-state index contributed by atoms with van der Waals surface area (Å²) in [5.74, 6) is -0.961. The quantitative estimate of drug-likeness (QED) is 0.739. The van der Waals surface area contributed by atoms with Gasteiger partial charge in [0.1, 0.15) is 10.8 Å². The number of carboxylic acids is 1. The molecular formula is C14H15ClN2O4. The van der Waals surface area contributed by atoms with E-state index in [2.05, 4.69) is 9.97 Å². The van der Waals surface area contributed by atoms with Crippen LogP contribution in [-0.4, -0.2) is 33.9 Å². The normalized spacial score (nSPS) is 10.7. The maximum absolute atomic E-state index is 12.6. The van der Waals surface area contributed by atoms with Gasteiger partial charge < -0.3 is 19.8 Å². The van der Waals surface area contributed by atoms with Gasteiger partial charge in [-0.3, -0.25) is 9.59 Å². The van der Waals surface area contributed by atoms with Gasteiger partial charge >= 0.3 is 5.97 Å². The SMILES string of the molecule is COc1c(C(=O)c2[nH]c(Cl)cc2C)[nH]c(CC(=O)O)c1C. The highest BCUT2D eigenvalue weighted by Crippen LogP contribution is 2.29. The Balaban J connectivity index is 2.50. The summed E-state index contributed by atoms with van der Waals surface area (Å²) in [5, 5.41) is 9.26. The molecule has 0 amide bonds. The first kappa shape index (κ1) is 15.2. The van der Waals surface area contributed by atoms with Crippen LogP contribution in [0, 0.1) is 13.8 Å². The molecule has 2 rings (SSSR count). The zero-order chi connectivity index (χ0) is 15.7. The molecule has 3 N–H and O–H groups in total. The Hall–Kier alpha value is -2.21. The van der Waals surface area contributed by atoms with Gasteiger partial charge in [-0.25, -0.2) is 0 Å². The van der Waals surface area contributed by atoms with Crippen LogP contribution >= 0.6 is 11.6 Å². The first-order chi connectivity index (χ1) is 9.85. The lowest BCUT2D eigenvalue weighted by molar-refractivity contribution is -0.136. The summed E-state index contributed by atoms with van der Waals surface area (Å²) in [6, 6.07) is 1.65. The van der Waals surface area contributed by atoms with Crippen molar-refractivity contribution >= 4 is 23.4 Å². The second kappa shape index (κ2) is 5.65. The molecule has 2 heterocycles. The average Bonchev–Trinajstić information content (AvgIpc) is 2.89. The monoisotopic (exact) mass is 310 g/mol. The molecule has 0 spiro atoms. The van der Waals surface area contributed by atoms with Crippen LogP contribution in [0.5, 0.6) is 5.75 Å². The van der Waals surface area contributed by atoms with Crippen LogP contribution in [0.25, 0.3) is 0 Å². The molecule has 0 aliphatic carbocycles. The lowest BCUT2D eigenvalue weighted by Crippen LogP contribution is -2.07. The number of carbonyl (C=O) groups excluding carboxylic acids is 1. The Bertz CT molecular complexity index is 715. The summed E-state index contributed by atoms with van der Waals surface area (Å²) >= 11 is 5.85. The number of rotatable bonds is 5. The topological polar surface area (TPSA) is 95.2 Å². The van der Waals surface area contributed by atoms with Crippen LogP contribution in [0.2, 0.25) is 5.15 Å². The Morgan fingerprint density at radius 1 is 1.29 bits per heavy atom. The van der Waals surface area contributed by atoms with Crippen molar-refractivity contribution in [3.05, 3.63) is 39.4 Å². The second-order valence-corrected chi connectivity index (χ2v) is 5.12. The van der Waals surface area contributed by atoms with Crippen LogP contribution in [-0.2, 0) is 11.2 Å². The van der Waals surface area contributed by atoms with E-state index in [9.17, 15) is 9.59 Å². The highest BCUT2D eigenvalue weighted by Gasteiger charge is 2.24. The molecule has 0 radical (unpaired) electrons. The van der Waals surface area contributed by atoms with Crippen molar-refractivity contribution in [3.8, 4) is 5.75 Å². The van der Waals surface area contributed by atoms with Crippen molar-refractivity contribution < 1.29 is 19.4 Å². The summed E-state index contributed by atoms with van der Waals surface area (Å²) in [6.45, 7) is 3.47. The highest BCUT2D eigenvalue weighted by molar-refractivity contribution is 6.30. The van der Waals surface area contributed by atoms with Crippen molar-refractivity contribution in [3.63, 3.8) is 0 Å². The number of aliphatic carboxylic acids is 1. The molecule has 0 aromatic carbocycles. The van der Waals surface area contributed by atoms with Crippen molar-refractivity contribution in [2.45, 2.75) is 20.3 Å². The number of halogens is 1. The number of hydrogen-bond acceptors (Lipinski definition) is 3. The Labute approximate surface area is 126 Å². The number of nitrogens with one attached hydrogen (secondary N) is 2. The number of ketones is 1. The van der Waals surface area contributed by atoms with Gasteiger partial charge in [0.2, 0.25) is 5.78 Å². The summed E-state index contributed by atoms with van der Waals surface area (Å²) in [5.41, 5.74) is 2.32. The van der Waals surface area contributed by atoms with E-state index in [4.69, 9.17) is 21.4 Å². The molecule has 0 aliphatic heterocycles. The number of aromatic nitrogens is 2. The fourth-order valence-corrected chi connectivity index (χ4v) is 2.50. The lowest BCUT2D eigenvalue weighted by Gasteiger charge is -2.03. The average molecular weight is 311 g/mol. The number of methoxy groups -OCH3 is 1. The van der Waals surface area contributed by atoms with Crippen molar-refractivity contribution in [2.75, 3.05) is 7.11 Å². The standard InChI is InChI=1S/C14H15ClN2O4/c1-6-4-9(15)17-11(6)13(20)12-14(21-3)7(2)8(16-12)5-10(18)19/h4,16-17H,5H2,1-3H3,(H,18,19). The minimum Gasteiger partial charge on any atom is -0.494 e. The molecule has 21 heavy (non-hydrogen) atoms. The van der Waals surface area contributed by atoms with Gasteiger partial charge in [-0.2, -0.15) is 0 Å². The molecule has 0 saturated carbocycles. The molecule has 0 fully saturated rings. The lowest BCUT2D eigenvalue weighted by atomic mass is 10.1. The maximum Gasteiger partial charge on any atom is 0.309 e. The highest BCUT2D eigenvalue weighted by atomic mass is 35.5. The number of hydrogen-bond donors (Lipinski definition) is 3. The van der Waals surface area contributed by atoms with Crippen molar-refractivity contribution in [2.24, 2.45) is 0 Å². The molecule has 6 nitrogen and oxygen atoms in total. The molecule has 0 bridgehead atoms. The number of ether oxygens (including phenoxy) is 1. The van der Waals surface area contributed by atoms with Gasteiger partial charge in [-0.05, 0) is 25.5 Å². The van der Waals surface area contributed by atoms with E-state index in [1.807, 2.05) is 0 Å². The van der Waals surface area contributed by atoms with Gasteiger partial charge in [0, 0.05) is 11.3 Å². The third-order valence-electron chi connectivity index (χ3n) is 3.26. The summed E-state index contributed by atoms with van der Waals surface area (Å²) in [4.78, 5) is 29.1. The van der Waals surface area contributed by atoms with Gasteiger partial charge in [0.05, 0.1) is 19.2 Å². The van der Waals surface area contributed by atoms with E-state index in [-0.39, 0.29) is 17.9 Å². The first-order valence-corrected chi connectivity index (χ1v) is 6.60. The maximum atomic E-state index is 12.6. The predicted octanol–water partition coefficient (Wildman–Crippen LogP) is 2.48. The first-order valence-electron chi connectivity index (χ1n) is 6.22. The Morgan fingerprint density at radius 2 is 1.95 bits per heavy atom. The number of aromatic amines is 2. The van der Waals surface area contributed by atoms with Crippen molar-refractivity contribution in [1.29, 1.82) is 0 Å². The van der Waals surface area contributed by atoms with Crippen LogP contribution in [0.3, 0.4) is 0 Å². The number of carbonyl (C=O) groups is 2.